The fourth-order valence-electron chi connectivity index (χ4n) is 5.79. The molecule has 154 valence electrons. The van der Waals surface area contributed by atoms with Gasteiger partial charge in [0.15, 0.2) is 0 Å². The molecule has 2 heterocycles. The number of hydrogen-bond donors (Lipinski definition) is 0. The van der Waals surface area contributed by atoms with Gasteiger partial charge in [-0.2, -0.15) is 0 Å². The molecule has 4 aliphatic rings. The van der Waals surface area contributed by atoms with Crippen LogP contribution in [0.2, 0.25) is 0 Å². The van der Waals surface area contributed by atoms with Gasteiger partial charge in [0.05, 0.1) is 18.4 Å². The Bertz CT molecular complexity index is 711. The largest absolute Gasteiger partial charge is 0.466 e. The van der Waals surface area contributed by atoms with Gasteiger partial charge >= 0.3 is 11.9 Å². The monoisotopic (exact) mass is 387 g/mol. The number of fused-ring (bicyclic) bond motifs is 2. The molecule has 28 heavy (non-hydrogen) atoms. The van der Waals surface area contributed by atoms with Crippen LogP contribution < -0.4 is 0 Å². The van der Waals surface area contributed by atoms with Crippen LogP contribution in [0.3, 0.4) is 0 Å². The number of likely N-dealkylation sites (tertiary alicyclic amines) is 1. The molecule has 2 saturated heterocycles. The van der Waals surface area contributed by atoms with E-state index >= 15 is 0 Å². The third-order valence-corrected chi connectivity index (χ3v) is 7.28. The number of ether oxygens (including phenoxy) is 2. The number of carbonyl (C=O) groups is 2. The highest BCUT2D eigenvalue weighted by Crippen LogP contribution is 2.52. The van der Waals surface area contributed by atoms with Crippen molar-refractivity contribution < 1.29 is 19.1 Å². The molecule has 0 amide bonds. The summed E-state index contributed by atoms with van der Waals surface area (Å²) in [6, 6.07) is 0. The predicted molar refractivity (Wildman–Crippen MR) is 106 cm³/mol. The van der Waals surface area contributed by atoms with Crippen LogP contribution in [0.4, 0.5) is 0 Å². The lowest BCUT2D eigenvalue weighted by molar-refractivity contribution is -0.150. The summed E-state index contributed by atoms with van der Waals surface area (Å²) >= 11 is 0. The summed E-state index contributed by atoms with van der Waals surface area (Å²) in [6.07, 6.45) is 9.71. The fraction of sp³-hybridized carbons (Fsp3) is 0.739. The molecule has 0 saturated carbocycles. The molecular weight excluding hydrogens is 354 g/mol. The van der Waals surface area contributed by atoms with Crippen LogP contribution in [0, 0.1) is 23.2 Å². The van der Waals surface area contributed by atoms with E-state index < -0.39 is 0 Å². The second-order valence-electron chi connectivity index (χ2n) is 9.28. The average molecular weight is 388 g/mol. The van der Waals surface area contributed by atoms with Crippen molar-refractivity contribution in [3.63, 3.8) is 0 Å². The van der Waals surface area contributed by atoms with E-state index in [1.165, 1.54) is 11.1 Å². The van der Waals surface area contributed by atoms with Crippen molar-refractivity contribution >= 4 is 11.9 Å². The number of esters is 2. The van der Waals surface area contributed by atoms with Crippen molar-refractivity contribution in [2.75, 3.05) is 26.2 Å². The highest BCUT2D eigenvalue weighted by Gasteiger charge is 2.51. The van der Waals surface area contributed by atoms with E-state index in [4.69, 9.17) is 9.47 Å². The molecule has 4 rings (SSSR count). The molecule has 0 aromatic heterocycles. The summed E-state index contributed by atoms with van der Waals surface area (Å²) in [5.74, 6) is -0.206. The lowest BCUT2D eigenvalue weighted by Gasteiger charge is -2.43. The average Bonchev–Trinajstić information content (AvgIpc) is 2.94. The fourth-order valence-corrected chi connectivity index (χ4v) is 5.79. The molecule has 0 unspecified atom stereocenters. The minimum atomic E-state index is -0.127. The second kappa shape index (κ2) is 7.66. The van der Waals surface area contributed by atoms with Gasteiger partial charge in [0.2, 0.25) is 0 Å². The van der Waals surface area contributed by atoms with Crippen LogP contribution in [0.15, 0.2) is 23.3 Å². The van der Waals surface area contributed by atoms with Crippen LogP contribution in [-0.4, -0.2) is 49.2 Å². The Morgan fingerprint density at radius 3 is 3.04 bits per heavy atom. The summed E-state index contributed by atoms with van der Waals surface area (Å²) in [5, 5.41) is 0. The molecule has 0 spiro atoms. The number of hydrogen-bond acceptors (Lipinski definition) is 5. The quantitative estimate of drug-likeness (QED) is 0.691. The van der Waals surface area contributed by atoms with E-state index in [0.29, 0.717) is 19.7 Å². The van der Waals surface area contributed by atoms with E-state index in [2.05, 4.69) is 30.9 Å². The third kappa shape index (κ3) is 3.54. The minimum absolute atomic E-state index is 0.00259. The first-order chi connectivity index (χ1) is 13.4. The Hall–Kier alpha value is -1.62. The van der Waals surface area contributed by atoms with Crippen LogP contribution in [0.1, 0.15) is 52.9 Å². The number of carbonyl (C=O) groups excluding carboxylic acids is 2. The summed E-state index contributed by atoms with van der Waals surface area (Å²) < 4.78 is 11.1. The predicted octanol–water partition coefficient (Wildman–Crippen LogP) is 3.50. The molecule has 5 atom stereocenters. The maximum Gasteiger partial charge on any atom is 0.311 e. The van der Waals surface area contributed by atoms with Gasteiger partial charge in [-0.1, -0.05) is 24.6 Å². The van der Waals surface area contributed by atoms with Crippen molar-refractivity contribution in [2.24, 2.45) is 23.2 Å². The normalized spacial score (nSPS) is 38.0. The minimum Gasteiger partial charge on any atom is -0.466 e. The summed E-state index contributed by atoms with van der Waals surface area (Å²) in [5.41, 5.74) is 2.92. The Balaban J connectivity index is 1.49. The zero-order chi connectivity index (χ0) is 19.9. The highest BCUT2D eigenvalue weighted by molar-refractivity contribution is 5.76. The van der Waals surface area contributed by atoms with E-state index in [-0.39, 0.29) is 41.2 Å². The maximum atomic E-state index is 12.7. The Kier molecular flexibility index (Phi) is 5.38. The molecule has 0 radical (unpaired) electrons. The molecule has 5 heteroatoms. The van der Waals surface area contributed by atoms with Gasteiger partial charge in [-0.15, -0.1) is 0 Å². The van der Waals surface area contributed by atoms with Crippen LogP contribution >= 0.6 is 0 Å². The first-order valence-corrected chi connectivity index (χ1v) is 10.9. The van der Waals surface area contributed by atoms with Crippen molar-refractivity contribution in [1.29, 1.82) is 0 Å². The van der Waals surface area contributed by atoms with Gasteiger partial charge in [0.1, 0.15) is 6.10 Å². The van der Waals surface area contributed by atoms with Crippen LogP contribution in [0.25, 0.3) is 0 Å². The maximum absolute atomic E-state index is 12.7. The lowest BCUT2D eigenvalue weighted by Crippen LogP contribution is -2.44. The van der Waals surface area contributed by atoms with Gasteiger partial charge in [-0.3, -0.25) is 9.59 Å². The van der Waals surface area contributed by atoms with Crippen LogP contribution in [0.5, 0.6) is 0 Å². The van der Waals surface area contributed by atoms with Crippen LogP contribution in [-0.2, 0) is 19.1 Å². The van der Waals surface area contributed by atoms with Gasteiger partial charge in [-0.05, 0) is 63.5 Å². The zero-order valence-corrected chi connectivity index (χ0v) is 17.4. The molecule has 5 nitrogen and oxygen atoms in total. The number of nitrogens with zero attached hydrogens (tertiary/aromatic N) is 1. The molecule has 2 aliphatic carbocycles. The molecule has 2 aliphatic heterocycles. The van der Waals surface area contributed by atoms with Gasteiger partial charge in [0.25, 0.3) is 0 Å². The number of rotatable bonds is 4. The summed E-state index contributed by atoms with van der Waals surface area (Å²) in [7, 11) is 0. The zero-order valence-electron chi connectivity index (χ0n) is 17.4. The molecule has 0 aromatic rings. The van der Waals surface area contributed by atoms with Crippen molar-refractivity contribution in [3.05, 3.63) is 23.3 Å². The first-order valence-electron chi connectivity index (χ1n) is 10.9. The van der Waals surface area contributed by atoms with Gasteiger partial charge in [0, 0.05) is 19.0 Å². The third-order valence-electron chi connectivity index (χ3n) is 7.28. The van der Waals surface area contributed by atoms with Crippen molar-refractivity contribution in [3.8, 4) is 0 Å². The van der Waals surface area contributed by atoms with E-state index in [0.717, 1.165) is 38.6 Å². The van der Waals surface area contributed by atoms with Gasteiger partial charge < -0.3 is 14.4 Å². The van der Waals surface area contributed by atoms with E-state index in [9.17, 15) is 9.59 Å². The molecule has 2 fully saturated rings. The number of piperidine rings is 1. The van der Waals surface area contributed by atoms with Crippen molar-refractivity contribution in [2.45, 2.75) is 59.0 Å². The van der Waals surface area contributed by atoms with Gasteiger partial charge in [-0.25, -0.2) is 0 Å². The first kappa shape index (κ1) is 19.7. The number of allylic oxidation sites excluding steroid dienone is 3. The summed E-state index contributed by atoms with van der Waals surface area (Å²) in [4.78, 5) is 27.2. The SMILES string of the molecule is CCOC(=O)[C@H]1CCCN(C[C@@H]2C(=O)O[C@H]3C[C@]4(C)CCC=C(C)C4=C[C@@H]32)C1. The lowest BCUT2D eigenvalue weighted by atomic mass is 9.62. The molecule has 0 bridgehead atoms. The molecule has 0 aromatic carbocycles. The highest BCUT2D eigenvalue weighted by atomic mass is 16.6. The Labute approximate surface area is 168 Å². The molecule has 0 N–H and O–H groups in total. The topological polar surface area (TPSA) is 55.8 Å². The second-order valence-corrected chi connectivity index (χ2v) is 9.28. The Morgan fingerprint density at radius 1 is 1.43 bits per heavy atom. The Morgan fingerprint density at radius 2 is 2.25 bits per heavy atom. The smallest absolute Gasteiger partial charge is 0.311 e. The van der Waals surface area contributed by atoms with E-state index in [1.807, 2.05) is 6.92 Å². The molecular formula is C23H33NO4. The summed E-state index contributed by atoms with van der Waals surface area (Å²) in [6.45, 7) is 9.09. The van der Waals surface area contributed by atoms with E-state index in [1.54, 1.807) is 0 Å². The standard InChI is InChI=1S/C23H33NO4/c1-4-27-21(25)16-8-6-10-24(13-16)14-18-17-11-19-15(2)7-5-9-23(19,3)12-20(17)28-22(18)26/h7,11,16-18,20H,4-6,8-10,12-14H2,1-3H3/t16-,17+,18-,20-,23-/m0/s1. The van der Waals surface area contributed by atoms with Crippen molar-refractivity contribution in [1.82, 2.24) is 4.90 Å².